The van der Waals surface area contributed by atoms with Crippen molar-refractivity contribution >= 4 is 40.8 Å². The maximum Gasteiger partial charge on any atom is 0.339 e. The van der Waals surface area contributed by atoms with Crippen LogP contribution in [-0.2, 0) is 9.53 Å². The highest BCUT2D eigenvalue weighted by Gasteiger charge is 2.27. The van der Waals surface area contributed by atoms with Crippen LogP contribution in [0.5, 0.6) is 0 Å². The third kappa shape index (κ3) is 5.88. The number of nitrogens with one attached hydrogen (secondary N) is 1. The van der Waals surface area contributed by atoms with Crippen LogP contribution >= 0.6 is 23.2 Å². The van der Waals surface area contributed by atoms with Crippen molar-refractivity contribution in [1.82, 2.24) is 10.3 Å². The van der Waals surface area contributed by atoms with Crippen LogP contribution in [0.1, 0.15) is 22.0 Å². The molecule has 1 aromatic heterocycles. The molecule has 0 aliphatic heterocycles. The first-order valence-corrected chi connectivity index (χ1v) is 8.75. The number of amides is 1. The van der Waals surface area contributed by atoms with Crippen molar-refractivity contribution in [3.05, 3.63) is 70.0 Å². The van der Waals surface area contributed by atoms with E-state index in [1.165, 1.54) is 42.7 Å². The number of non-ortho nitro benzene ring substituents is 1. The Morgan fingerprint density at radius 3 is 2.46 bits per heavy atom. The molecule has 0 bridgehead atoms. The Balaban J connectivity index is 2.14. The van der Waals surface area contributed by atoms with Gasteiger partial charge in [-0.15, -0.1) is 0 Å². The molecule has 1 heterocycles. The number of benzene rings is 1. The van der Waals surface area contributed by atoms with Gasteiger partial charge in [0.25, 0.3) is 11.6 Å². The van der Waals surface area contributed by atoms with Gasteiger partial charge in [-0.2, -0.15) is 0 Å². The van der Waals surface area contributed by atoms with Crippen LogP contribution in [0, 0.1) is 10.1 Å². The van der Waals surface area contributed by atoms with E-state index in [9.17, 15) is 24.8 Å². The monoisotopic (exact) mass is 427 g/mol. The lowest BCUT2D eigenvalue weighted by molar-refractivity contribution is -0.384. The number of alkyl halides is 2. The number of aliphatic hydroxyl groups excluding tert-OH is 1. The number of nitro groups is 1. The minimum atomic E-state index is -1.40. The number of nitrogens with zero attached hydrogens (tertiary/aromatic N) is 2. The summed E-state index contributed by atoms with van der Waals surface area (Å²) in [5.74, 6) is -1.51. The van der Waals surface area contributed by atoms with E-state index in [0.717, 1.165) is 0 Å². The van der Waals surface area contributed by atoms with Gasteiger partial charge in [0.05, 0.1) is 16.5 Å². The summed E-state index contributed by atoms with van der Waals surface area (Å²) in [5.41, 5.74) is 0.278. The van der Waals surface area contributed by atoms with E-state index in [4.69, 9.17) is 27.9 Å². The third-order valence-corrected chi connectivity index (χ3v) is 4.04. The summed E-state index contributed by atoms with van der Waals surface area (Å²) in [4.78, 5) is 36.4. The molecule has 0 fully saturated rings. The smallest absolute Gasteiger partial charge is 0.339 e. The topological polar surface area (TPSA) is 132 Å². The number of ether oxygens (including phenoxy) is 1. The van der Waals surface area contributed by atoms with Crippen molar-refractivity contribution in [3.63, 3.8) is 0 Å². The minimum Gasteiger partial charge on any atom is -0.460 e. The van der Waals surface area contributed by atoms with Crippen LogP contribution in [0.4, 0.5) is 5.69 Å². The van der Waals surface area contributed by atoms with E-state index in [0.29, 0.717) is 0 Å². The Hall–Kier alpha value is -2.75. The molecule has 148 valence electrons. The van der Waals surface area contributed by atoms with E-state index >= 15 is 0 Å². The van der Waals surface area contributed by atoms with E-state index < -0.39 is 40.4 Å². The Kier molecular flexibility index (Phi) is 7.68. The molecule has 0 radical (unpaired) electrons. The molecule has 2 N–H and O–H groups in total. The fourth-order valence-electron chi connectivity index (χ4n) is 2.22. The molecule has 2 aromatic rings. The summed E-state index contributed by atoms with van der Waals surface area (Å²) in [6.45, 7) is -0.405. The predicted molar refractivity (Wildman–Crippen MR) is 100 cm³/mol. The summed E-state index contributed by atoms with van der Waals surface area (Å²) < 4.78 is 5.13. The molecule has 11 heteroatoms. The molecule has 0 saturated heterocycles. The van der Waals surface area contributed by atoms with E-state index in [1.807, 2.05) is 0 Å². The number of hydrogen-bond donors (Lipinski definition) is 2. The average molecular weight is 428 g/mol. The molecule has 0 saturated carbocycles. The highest BCUT2D eigenvalue weighted by Crippen LogP contribution is 2.21. The van der Waals surface area contributed by atoms with Crippen LogP contribution in [0.25, 0.3) is 0 Å². The summed E-state index contributed by atoms with van der Waals surface area (Å²) in [5, 5.41) is 23.7. The second-order valence-electron chi connectivity index (χ2n) is 5.55. The molecule has 9 nitrogen and oxygen atoms in total. The standard InChI is InChI=1S/C17H15Cl2N3O6/c18-15(19)16(24)21-13(9-28-17(25)11-2-1-7-20-8-11)14(23)10-3-5-12(6-4-10)22(26)27/h1-8,13-15,23H,9H2,(H,21,24)/t13-,14-/m1/s1. The number of halogens is 2. The van der Waals surface area contributed by atoms with Gasteiger partial charge < -0.3 is 15.2 Å². The van der Waals surface area contributed by atoms with Crippen LogP contribution in [0.2, 0.25) is 0 Å². The molecular weight excluding hydrogens is 413 g/mol. The number of nitro benzene ring substituents is 1. The van der Waals surface area contributed by atoms with Gasteiger partial charge in [-0.25, -0.2) is 4.79 Å². The van der Waals surface area contributed by atoms with Crippen molar-refractivity contribution in [2.24, 2.45) is 0 Å². The average Bonchev–Trinajstić information content (AvgIpc) is 2.70. The van der Waals surface area contributed by atoms with Gasteiger partial charge in [0.2, 0.25) is 0 Å². The fourth-order valence-corrected chi connectivity index (χ4v) is 2.34. The number of carbonyl (C=O) groups is 2. The van der Waals surface area contributed by atoms with Crippen molar-refractivity contribution < 1.29 is 24.4 Å². The van der Waals surface area contributed by atoms with Gasteiger partial charge >= 0.3 is 5.97 Å². The van der Waals surface area contributed by atoms with Crippen molar-refractivity contribution in [3.8, 4) is 0 Å². The molecular formula is C17H15Cl2N3O6. The first-order chi connectivity index (χ1) is 13.3. The fraction of sp³-hybridized carbons (Fsp3) is 0.235. The SMILES string of the molecule is O=C(OC[C@@H](NC(=O)C(Cl)Cl)[C@H](O)c1ccc([N+](=O)[O-])cc1)c1cccnc1. The number of pyridine rings is 1. The third-order valence-electron chi connectivity index (χ3n) is 3.64. The zero-order valence-electron chi connectivity index (χ0n) is 14.2. The van der Waals surface area contributed by atoms with Gasteiger partial charge in [-0.05, 0) is 29.8 Å². The predicted octanol–water partition coefficient (Wildman–Crippen LogP) is 2.17. The zero-order valence-corrected chi connectivity index (χ0v) is 15.7. The number of carbonyl (C=O) groups excluding carboxylic acids is 2. The van der Waals surface area contributed by atoms with E-state index in [1.54, 1.807) is 6.07 Å². The van der Waals surface area contributed by atoms with Gasteiger partial charge in [-0.1, -0.05) is 23.2 Å². The minimum absolute atomic E-state index is 0.166. The molecule has 0 aliphatic rings. The van der Waals surface area contributed by atoms with Crippen LogP contribution in [-0.4, -0.2) is 44.4 Å². The number of aromatic nitrogens is 1. The Morgan fingerprint density at radius 2 is 1.93 bits per heavy atom. The van der Waals surface area contributed by atoms with Crippen LogP contribution in [0.15, 0.2) is 48.8 Å². The van der Waals surface area contributed by atoms with E-state index in [-0.39, 0.29) is 16.8 Å². The highest BCUT2D eigenvalue weighted by atomic mass is 35.5. The summed E-state index contributed by atoms with van der Waals surface area (Å²) >= 11 is 11.0. The lowest BCUT2D eigenvalue weighted by Gasteiger charge is -2.24. The number of rotatable bonds is 8. The lowest BCUT2D eigenvalue weighted by Crippen LogP contribution is -2.45. The lowest BCUT2D eigenvalue weighted by atomic mass is 10.0. The summed E-state index contributed by atoms with van der Waals surface area (Å²) in [6, 6.07) is 6.98. The maximum absolute atomic E-state index is 12.1. The molecule has 2 rings (SSSR count). The largest absolute Gasteiger partial charge is 0.460 e. The van der Waals surface area contributed by atoms with E-state index in [2.05, 4.69) is 10.3 Å². The number of aliphatic hydroxyl groups is 1. The first-order valence-electron chi connectivity index (χ1n) is 7.87. The van der Waals surface area contributed by atoms with Gasteiger partial charge in [0, 0.05) is 24.5 Å². The van der Waals surface area contributed by atoms with Gasteiger partial charge in [-0.3, -0.25) is 19.9 Å². The van der Waals surface area contributed by atoms with Gasteiger partial charge in [0.1, 0.15) is 12.7 Å². The second kappa shape index (κ2) is 9.98. The summed E-state index contributed by atoms with van der Waals surface area (Å²) in [6.07, 6.45) is 1.44. The molecule has 0 unspecified atom stereocenters. The van der Waals surface area contributed by atoms with Crippen molar-refractivity contribution in [2.75, 3.05) is 6.61 Å². The zero-order chi connectivity index (χ0) is 20.7. The number of hydrogen-bond acceptors (Lipinski definition) is 7. The van der Waals surface area contributed by atoms with Crippen molar-refractivity contribution in [1.29, 1.82) is 0 Å². The Labute approximate surface area is 169 Å². The first kappa shape index (κ1) is 21.5. The molecule has 0 spiro atoms. The number of esters is 1. The Morgan fingerprint density at radius 1 is 1.25 bits per heavy atom. The quantitative estimate of drug-likeness (QED) is 0.285. The molecule has 1 aromatic carbocycles. The highest BCUT2D eigenvalue weighted by molar-refractivity contribution is 6.53. The van der Waals surface area contributed by atoms with Crippen LogP contribution in [0.3, 0.4) is 0 Å². The summed E-state index contributed by atoms with van der Waals surface area (Å²) in [7, 11) is 0. The molecule has 1 amide bonds. The van der Waals surface area contributed by atoms with Crippen molar-refractivity contribution in [2.45, 2.75) is 17.0 Å². The Bertz CT molecular complexity index is 833. The molecule has 0 aliphatic carbocycles. The second-order valence-corrected chi connectivity index (χ2v) is 6.65. The molecule has 2 atom stereocenters. The van der Waals surface area contributed by atoms with Crippen LogP contribution < -0.4 is 5.32 Å². The normalized spacial score (nSPS) is 12.9. The maximum atomic E-state index is 12.1. The van der Waals surface area contributed by atoms with Gasteiger partial charge in [0.15, 0.2) is 4.84 Å². The molecule has 28 heavy (non-hydrogen) atoms.